The van der Waals surface area contributed by atoms with Crippen molar-refractivity contribution in [2.24, 2.45) is 0 Å². The average Bonchev–Trinajstić information content (AvgIpc) is 2.67. The lowest BCUT2D eigenvalue weighted by molar-refractivity contribution is -0.472. The van der Waals surface area contributed by atoms with E-state index in [1.54, 1.807) is 35.2 Å². The molecule has 0 spiro atoms. The van der Waals surface area contributed by atoms with Crippen molar-refractivity contribution in [1.29, 1.82) is 0 Å². The summed E-state index contributed by atoms with van der Waals surface area (Å²) in [6, 6.07) is 9.91. The zero-order valence-electron chi connectivity index (χ0n) is 16.0. The summed E-state index contributed by atoms with van der Waals surface area (Å²) in [4.78, 5) is 0. The third-order valence-electron chi connectivity index (χ3n) is 5.24. The average molecular weight is 368 g/mol. The number of fused-ring (bicyclic) bond motifs is 1. The standard InChI is InChI=1S/C19H28O7/c1-18(21-4)19(2,22-5)26-15-14(25-18)12-24-17(20-3)16(15)23-11-13-9-7-6-8-10-13/h6-10,14-17H,11-12H2,1-5H3/t14-,15-,16-,17+,18+,19+/m1/s1. The predicted molar refractivity (Wildman–Crippen MR) is 92.3 cm³/mol. The van der Waals surface area contributed by atoms with Crippen molar-refractivity contribution in [2.75, 3.05) is 27.9 Å². The largest absolute Gasteiger partial charge is 0.365 e. The van der Waals surface area contributed by atoms with E-state index < -0.39 is 30.1 Å². The Kier molecular flexibility index (Phi) is 5.98. The van der Waals surface area contributed by atoms with Crippen LogP contribution in [-0.2, 0) is 39.8 Å². The Labute approximate surface area is 154 Å². The highest BCUT2D eigenvalue weighted by Gasteiger charge is 2.60. The van der Waals surface area contributed by atoms with Crippen molar-refractivity contribution >= 4 is 0 Å². The molecular formula is C19H28O7. The molecule has 6 atom stereocenters. The molecule has 7 nitrogen and oxygen atoms in total. The van der Waals surface area contributed by atoms with E-state index in [1.165, 1.54) is 0 Å². The fraction of sp³-hybridized carbons (Fsp3) is 0.684. The Morgan fingerprint density at radius 2 is 1.65 bits per heavy atom. The van der Waals surface area contributed by atoms with E-state index in [0.717, 1.165) is 5.56 Å². The number of methoxy groups -OCH3 is 3. The van der Waals surface area contributed by atoms with Crippen molar-refractivity contribution in [1.82, 2.24) is 0 Å². The quantitative estimate of drug-likeness (QED) is 0.762. The highest BCUT2D eigenvalue weighted by molar-refractivity contribution is 5.13. The van der Waals surface area contributed by atoms with E-state index in [9.17, 15) is 0 Å². The van der Waals surface area contributed by atoms with Crippen molar-refractivity contribution in [2.45, 2.75) is 56.6 Å². The van der Waals surface area contributed by atoms with Crippen molar-refractivity contribution in [3.05, 3.63) is 35.9 Å². The predicted octanol–water partition coefficient (Wildman–Crippen LogP) is 2.08. The molecule has 2 heterocycles. The highest BCUT2D eigenvalue weighted by atomic mass is 16.8. The lowest BCUT2D eigenvalue weighted by Crippen LogP contribution is -2.71. The third kappa shape index (κ3) is 3.53. The van der Waals surface area contributed by atoms with Gasteiger partial charge in [0.25, 0.3) is 0 Å². The van der Waals surface area contributed by atoms with Crippen LogP contribution in [0.1, 0.15) is 19.4 Å². The molecule has 3 rings (SSSR count). The van der Waals surface area contributed by atoms with Crippen LogP contribution in [0.3, 0.4) is 0 Å². The van der Waals surface area contributed by atoms with Crippen LogP contribution in [-0.4, -0.2) is 64.1 Å². The molecule has 2 fully saturated rings. The van der Waals surface area contributed by atoms with Crippen LogP contribution in [0.2, 0.25) is 0 Å². The van der Waals surface area contributed by atoms with Gasteiger partial charge in [-0.1, -0.05) is 30.3 Å². The summed E-state index contributed by atoms with van der Waals surface area (Å²) in [6.45, 7) is 4.30. The molecule has 0 bridgehead atoms. The molecule has 0 aromatic heterocycles. The van der Waals surface area contributed by atoms with Crippen LogP contribution in [0.15, 0.2) is 30.3 Å². The molecule has 26 heavy (non-hydrogen) atoms. The van der Waals surface area contributed by atoms with Gasteiger partial charge in [-0.05, 0) is 19.4 Å². The van der Waals surface area contributed by atoms with Crippen LogP contribution >= 0.6 is 0 Å². The maximum Gasteiger partial charge on any atom is 0.220 e. The van der Waals surface area contributed by atoms with Gasteiger partial charge in [0.2, 0.25) is 11.6 Å². The van der Waals surface area contributed by atoms with Crippen molar-refractivity contribution < 1.29 is 33.2 Å². The summed E-state index contributed by atoms with van der Waals surface area (Å²) in [5.74, 6) is -2.18. The van der Waals surface area contributed by atoms with E-state index >= 15 is 0 Å². The van der Waals surface area contributed by atoms with Gasteiger partial charge in [-0.15, -0.1) is 0 Å². The second-order valence-electron chi connectivity index (χ2n) is 6.74. The van der Waals surface area contributed by atoms with Crippen LogP contribution in [0, 0.1) is 0 Å². The SMILES string of the molecule is CO[C@H]1OC[C@H]2O[C@](C)(OC)[C@@](C)(OC)O[C@H]2[C@H]1OCc1ccccc1. The Bertz CT molecular complexity index is 583. The van der Waals surface area contributed by atoms with Gasteiger partial charge < -0.3 is 33.2 Å². The number of ether oxygens (including phenoxy) is 7. The summed E-state index contributed by atoms with van der Waals surface area (Å²) >= 11 is 0. The normalized spacial score (nSPS) is 40.2. The molecule has 1 aromatic carbocycles. The number of benzene rings is 1. The number of hydrogen-bond acceptors (Lipinski definition) is 7. The fourth-order valence-corrected chi connectivity index (χ4v) is 3.36. The molecule has 0 saturated carbocycles. The van der Waals surface area contributed by atoms with Crippen LogP contribution in [0.5, 0.6) is 0 Å². The summed E-state index contributed by atoms with van der Waals surface area (Å²) in [5, 5.41) is 0. The minimum atomic E-state index is -1.10. The highest BCUT2D eigenvalue weighted by Crippen LogP contribution is 2.42. The molecule has 0 radical (unpaired) electrons. The first-order valence-electron chi connectivity index (χ1n) is 8.72. The molecule has 0 aliphatic carbocycles. The molecule has 0 N–H and O–H groups in total. The van der Waals surface area contributed by atoms with Gasteiger partial charge in [0.05, 0.1) is 13.2 Å². The molecule has 0 unspecified atom stereocenters. The molecule has 7 heteroatoms. The first-order valence-corrected chi connectivity index (χ1v) is 8.72. The zero-order chi connectivity index (χ0) is 18.8. The molecule has 146 valence electrons. The topological polar surface area (TPSA) is 64.6 Å². The van der Waals surface area contributed by atoms with Crippen molar-refractivity contribution in [3.63, 3.8) is 0 Å². The molecule has 1 aromatic rings. The summed E-state index contributed by atoms with van der Waals surface area (Å²) in [6.07, 6.45) is -1.83. The second-order valence-corrected chi connectivity index (χ2v) is 6.74. The van der Waals surface area contributed by atoms with Gasteiger partial charge in [0, 0.05) is 21.3 Å². The van der Waals surface area contributed by atoms with Gasteiger partial charge in [-0.2, -0.15) is 0 Å². The van der Waals surface area contributed by atoms with Gasteiger partial charge in [0.1, 0.15) is 18.3 Å². The van der Waals surface area contributed by atoms with E-state index in [4.69, 9.17) is 33.2 Å². The summed E-state index contributed by atoms with van der Waals surface area (Å²) in [5.41, 5.74) is 1.05. The smallest absolute Gasteiger partial charge is 0.220 e. The monoisotopic (exact) mass is 368 g/mol. The van der Waals surface area contributed by atoms with Crippen LogP contribution in [0.25, 0.3) is 0 Å². The Morgan fingerprint density at radius 1 is 1.00 bits per heavy atom. The van der Waals surface area contributed by atoms with Gasteiger partial charge in [-0.3, -0.25) is 0 Å². The number of hydrogen-bond donors (Lipinski definition) is 0. The molecule has 2 saturated heterocycles. The lowest BCUT2D eigenvalue weighted by atomic mass is 9.98. The van der Waals surface area contributed by atoms with E-state index in [-0.39, 0.29) is 6.10 Å². The molecule has 2 aliphatic rings. The molecule has 2 aliphatic heterocycles. The minimum Gasteiger partial charge on any atom is -0.365 e. The fourth-order valence-electron chi connectivity index (χ4n) is 3.36. The van der Waals surface area contributed by atoms with Gasteiger partial charge in [-0.25, -0.2) is 0 Å². The molecular weight excluding hydrogens is 340 g/mol. The summed E-state index contributed by atoms with van der Waals surface area (Å²) < 4.78 is 41.0. The van der Waals surface area contributed by atoms with E-state index in [1.807, 2.05) is 30.3 Å². The van der Waals surface area contributed by atoms with Crippen LogP contribution < -0.4 is 0 Å². The molecule has 0 amide bonds. The first kappa shape index (κ1) is 19.7. The van der Waals surface area contributed by atoms with Gasteiger partial charge >= 0.3 is 0 Å². The Hall–Kier alpha value is -1.06. The summed E-state index contributed by atoms with van der Waals surface area (Å²) in [7, 11) is 4.71. The van der Waals surface area contributed by atoms with E-state index in [2.05, 4.69) is 0 Å². The Morgan fingerprint density at radius 3 is 2.27 bits per heavy atom. The second kappa shape index (κ2) is 7.90. The van der Waals surface area contributed by atoms with Gasteiger partial charge in [0.15, 0.2) is 6.29 Å². The maximum absolute atomic E-state index is 6.31. The lowest BCUT2D eigenvalue weighted by Gasteiger charge is -2.55. The maximum atomic E-state index is 6.31. The third-order valence-corrected chi connectivity index (χ3v) is 5.24. The Balaban J connectivity index is 1.80. The van der Waals surface area contributed by atoms with E-state index in [0.29, 0.717) is 13.2 Å². The van der Waals surface area contributed by atoms with Crippen LogP contribution in [0.4, 0.5) is 0 Å². The zero-order valence-corrected chi connectivity index (χ0v) is 16.0. The van der Waals surface area contributed by atoms with Crippen molar-refractivity contribution in [3.8, 4) is 0 Å². The first-order chi connectivity index (χ1) is 12.5. The minimum absolute atomic E-state index is 0.313. The number of rotatable bonds is 6.